The van der Waals surface area contributed by atoms with E-state index in [-0.39, 0.29) is 0 Å². The monoisotopic (exact) mass is 396 g/mol. The molecule has 1 aromatic heterocycles. The summed E-state index contributed by atoms with van der Waals surface area (Å²) in [6.07, 6.45) is 0.736. The second kappa shape index (κ2) is 7.44. The summed E-state index contributed by atoms with van der Waals surface area (Å²) in [6, 6.07) is 10.1. The number of benzene rings is 2. The summed E-state index contributed by atoms with van der Waals surface area (Å²) in [5, 5.41) is 0.200. The Morgan fingerprint density at radius 3 is 2.44 bits per heavy atom. The third-order valence-corrected chi connectivity index (χ3v) is 4.36. The minimum atomic E-state index is -0.726. The summed E-state index contributed by atoms with van der Waals surface area (Å²) in [5.74, 6) is 1.34. The molecule has 8 heteroatoms. The number of hydrogen-bond donors (Lipinski definition) is 0. The van der Waals surface area contributed by atoms with Crippen LogP contribution >= 0.6 is 34.8 Å². The Balaban J connectivity index is 1.77. The summed E-state index contributed by atoms with van der Waals surface area (Å²) in [5.41, 5.74) is 1.08. The highest BCUT2D eigenvalue weighted by molar-refractivity contribution is 6.64. The van der Waals surface area contributed by atoms with E-state index < -0.39 is 11.3 Å². The predicted octanol–water partition coefficient (Wildman–Crippen LogP) is 5.26. The van der Waals surface area contributed by atoms with Crippen LogP contribution in [0.4, 0.5) is 0 Å². The van der Waals surface area contributed by atoms with E-state index in [9.17, 15) is 4.79 Å². The van der Waals surface area contributed by atoms with Crippen LogP contribution in [0.5, 0.6) is 17.4 Å². The lowest BCUT2D eigenvalue weighted by molar-refractivity contribution is -0.117. The zero-order valence-electron chi connectivity index (χ0n) is 12.9. The van der Waals surface area contributed by atoms with E-state index in [1.807, 2.05) is 0 Å². The number of halogens is 3. The molecule has 5 nitrogen and oxygen atoms in total. The van der Waals surface area contributed by atoms with E-state index in [2.05, 4.69) is 9.97 Å². The fourth-order valence-corrected chi connectivity index (χ4v) is 2.42. The van der Waals surface area contributed by atoms with Crippen molar-refractivity contribution in [3.63, 3.8) is 0 Å². The highest BCUT2D eigenvalue weighted by Crippen LogP contribution is 2.30. The average molecular weight is 398 g/mol. The van der Waals surface area contributed by atoms with Crippen LogP contribution in [0.3, 0.4) is 0 Å². The first kappa shape index (κ1) is 17.7. The lowest BCUT2D eigenvalue weighted by Crippen LogP contribution is -2.18. The molecule has 3 aromatic rings. The average Bonchev–Trinajstić information content (AvgIpc) is 2.60. The second-order valence-corrected chi connectivity index (χ2v) is 6.23. The molecule has 0 amide bonds. The molecule has 0 N–H and O–H groups in total. The van der Waals surface area contributed by atoms with Crippen molar-refractivity contribution in [1.29, 1.82) is 0 Å². The quantitative estimate of drug-likeness (QED) is 0.549. The summed E-state index contributed by atoms with van der Waals surface area (Å²) in [7, 11) is 0. The maximum atomic E-state index is 11.0. The van der Waals surface area contributed by atoms with Crippen molar-refractivity contribution < 1.29 is 14.3 Å². The van der Waals surface area contributed by atoms with Gasteiger partial charge in [-0.15, -0.1) is 0 Å². The van der Waals surface area contributed by atoms with Gasteiger partial charge in [-0.3, -0.25) is 4.79 Å². The summed E-state index contributed by atoms with van der Waals surface area (Å²) in [6.45, 7) is 1.57. The third kappa shape index (κ3) is 4.12. The fraction of sp³-hybridized carbons (Fsp3) is 0.118. The van der Waals surface area contributed by atoms with Crippen molar-refractivity contribution in [2.45, 2.75) is 13.0 Å². The summed E-state index contributed by atoms with van der Waals surface area (Å²) >= 11 is 17.4. The smallest absolute Gasteiger partial charge is 0.262 e. The number of fused-ring (bicyclic) bond motifs is 1. The first-order valence-corrected chi connectivity index (χ1v) is 8.32. The molecule has 0 unspecified atom stereocenters. The standard InChI is InChI=1S/C17H11Cl3N2O3/c1-9(17(20)23)24-10-2-4-11(5-3-10)25-14-8-21-16-13(22-14)7-6-12(18)15(16)19/h2-9H,1H3/t9-/m1/s1. The highest BCUT2D eigenvalue weighted by Gasteiger charge is 2.12. The number of carbonyl (C=O) groups is 1. The first-order chi connectivity index (χ1) is 11.9. The molecular formula is C17H11Cl3N2O3. The van der Waals surface area contributed by atoms with Gasteiger partial charge in [-0.25, -0.2) is 9.97 Å². The number of rotatable bonds is 5. The van der Waals surface area contributed by atoms with Crippen molar-refractivity contribution in [3.8, 4) is 17.4 Å². The Morgan fingerprint density at radius 2 is 1.76 bits per heavy atom. The van der Waals surface area contributed by atoms with E-state index in [1.54, 1.807) is 43.3 Å². The van der Waals surface area contributed by atoms with Gasteiger partial charge in [0.1, 0.15) is 17.0 Å². The molecule has 0 aliphatic carbocycles. The first-order valence-electron chi connectivity index (χ1n) is 7.18. The van der Waals surface area contributed by atoms with Crippen LogP contribution in [0.1, 0.15) is 6.92 Å². The van der Waals surface area contributed by atoms with Gasteiger partial charge >= 0.3 is 0 Å². The maximum absolute atomic E-state index is 11.0. The minimum Gasteiger partial charge on any atom is -0.482 e. The molecule has 0 saturated carbocycles. The number of aromatic nitrogens is 2. The van der Waals surface area contributed by atoms with Crippen molar-refractivity contribution in [3.05, 3.63) is 52.6 Å². The Morgan fingerprint density at radius 1 is 1.08 bits per heavy atom. The molecule has 0 spiro atoms. The van der Waals surface area contributed by atoms with Crippen molar-refractivity contribution in [1.82, 2.24) is 9.97 Å². The van der Waals surface area contributed by atoms with Crippen LogP contribution in [-0.2, 0) is 4.79 Å². The Bertz CT molecular complexity index is 932. The molecule has 2 aromatic carbocycles. The van der Waals surface area contributed by atoms with Gasteiger partial charge in [0.15, 0.2) is 6.10 Å². The lowest BCUT2D eigenvalue weighted by Gasteiger charge is -2.11. The van der Waals surface area contributed by atoms with Crippen LogP contribution in [0.15, 0.2) is 42.6 Å². The van der Waals surface area contributed by atoms with Crippen molar-refractivity contribution in [2.75, 3.05) is 0 Å². The lowest BCUT2D eigenvalue weighted by atomic mass is 10.3. The van der Waals surface area contributed by atoms with Gasteiger partial charge in [-0.2, -0.15) is 0 Å². The fourth-order valence-electron chi connectivity index (χ4n) is 2.02. The topological polar surface area (TPSA) is 61.3 Å². The molecule has 0 fully saturated rings. The molecule has 128 valence electrons. The van der Waals surface area contributed by atoms with Gasteiger partial charge in [0, 0.05) is 0 Å². The van der Waals surface area contributed by atoms with Crippen LogP contribution < -0.4 is 9.47 Å². The van der Waals surface area contributed by atoms with Gasteiger partial charge in [0.05, 0.1) is 21.8 Å². The van der Waals surface area contributed by atoms with Crippen LogP contribution in [0.2, 0.25) is 10.0 Å². The summed E-state index contributed by atoms with van der Waals surface area (Å²) < 4.78 is 11.0. The predicted molar refractivity (Wildman–Crippen MR) is 97.0 cm³/mol. The van der Waals surface area contributed by atoms with Crippen molar-refractivity contribution in [2.24, 2.45) is 0 Å². The van der Waals surface area contributed by atoms with Gasteiger partial charge in [0.25, 0.3) is 5.24 Å². The molecule has 0 saturated heterocycles. The molecule has 0 aliphatic heterocycles. The number of nitrogens with zero attached hydrogens (tertiary/aromatic N) is 2. The molecule has 0 radical (unpaired) electrons. The van der Waals surface area contributed by atoms with E-state index in [0.29, 0.717) is 38.5 Å². The van der Waals surface area contributed by atoms with Gasteiger partial charge in [0.2, 0.25) is 5.88 Å². The zero-order valence-corrected chi connectivity index (χ0v) is 15.1. The second-order valence-electron chi connectivity index (χ2n) is 5.07. The number of carbonyl (C=O) groups excluding carboxylic acids is 1. The maximum Gasteiger partial charge on any atom is 0.262 e. The van der Waals surface area contributed by atoms with E-state index in [4.69, 9.17) is 44.3 Å². The number of ether oxygens (including phenoxy) is 2. The SMILES string of the molecule is C[C@@H](Oc1ccc(Oc2cnc3c(Cl)c(Cl)ccc3n2)cc1)C(=O)Cl. The van der Waals surface area contributed by atoms with E-state index >= 15 is 0 Å². The van der Waals surface area contributed by atoms with Crippen LogP contribution in [0.25, 0.3) is 11.0 Å². The zero-order chi connectivity index (χ0) is 18.0. The van der Waals surface area contributed by atoms with Crippen molar-refractivity contribution >= 4 is 51.1 Å². The summed E-state index contributed by atoms with van der Waals surface area (Å²) in [4.78, 5) is 19.6. The molecule has 3 rings (SSSR count). The molecule has 25 heavy (non-hydrogen) atoms. The van der Waals surface area contributed by atoms with E-state index in [1.165, 1.54) is 6.20 Å². The van der Waals surface area contributed by atoms with Crippen LogP contribution in [0, 0.1) is 0 Å². The Kier molecular flexibility index (Phi) is 5.27. The van der Waals surface area contributed by atoms with E-state index in [0.717, 1.165) is 0 Å². The van der Waals surface area contributed by atoms with Gasteiger partial charge < -0.3 is 9.47 Å². The Labute approximate surface area is 158 Å². The highest BCUT2D eigenvalue weighted by atomic mass is 35.5. The normalized spacial score (nSPS) is 12.0. The largest absolute Gasteiger partial charge is 0.482 e. The minimum absolute atomic E-state index is 0.309. The van der Waals surface area contributed by atoms with Gasteiger partial charge in [-0.1, -0.05) is 23.2 Å². The molecule has 1 heterocycles. The molecule has 0 aliphatic rings. The third-order valence-electron chi connectivity index (χ3n) is 3.26. The van der Waals surface area contributed by atoms with Gasteiger partial charge in [-0.05, 0) is 54.9 Å². The molecular weight excluding hydrogens is 387 g/mol. The molecule has 0 bridgehead atoms. The molecule has 1 atom stereocenters. The van der Waals surface area contributed by atoms with Crippen LogP contribution in [-0.4, -0.2) is 21.3 Å². The number of hydrogen-bond acceptors (Lipinski definition) is 5. The Hall–Kier alpha value is -2.08.